The molecule has 2 fully saturated rings. The molecule has 2 amide bonds. The van der Waals surface area contributed by atoms with Crippen molar-refractivity contribution in [2.24, 2.45) is 0 Å². The molecule has 4 N–H and O–H groups in total. The third kappa shape index (κ3) is 7.06. The molecular weight excluding hydrogens is 517 g/mol. The van der Waals surface area contributed by atoms with Crippen molar-refractivity contribution in [1.82, 2.24) is 15.5 Å². The molecule has 0 unspecified atom stereocenters. The molecule has 2 atom stereocenters. The number of ether oxygens (including phenoxy) is 1. The quantitative estimate of drug-likeness (QED) is 0.295. The summed E-state index contributed by atoms with van der Waals surface area (Å²) in [5.74, 6) is -1.23. The summed E-state index contributed by atoms with van der Waals surface area (Å²) in [5.41, 5.74) is -1.32. The van der Waals surface area contributed by atoms with Crippen molar-refractivity contribution < 1.29 is 42.5 Å². The Kier molecular flexibility index (Phi) is 8.77. The fraction of sp³-hybridized carbons (Fsp3) is 0.519. The van der Waals surface area contributed by atoms with E-state index in [1.165, 1.54) is 18.5 Å². The van der Waals surface area contributed by atoms with Gasteiger partial charge in [-0.25, -0.2) is 0 Å². The molecule has 0 spiro atoms. The number of rotatable bonds is 8. The van der Waals surface area contributed by atoms with E-state index in [1.54, 1.807) is 12.1 Å². The van der Waals surface area contributed by atoms with Crippen LogP contribution >= 0.6 is 0 Å². The molecule has 1 saturated heterocycles. The number of halogens is 3. The maximum atomic E-state index is 12.9. The molecule has 1 aromatic carbocycles. The standard InChI is InChI=1S/C27H33F3N4O5/c1-2-39-23-17-33(21-6-10-26(37,11-7-21)19-8-12-34(38)13-9-19)16-22(23)32-24(35)15-31-25(36)18-4-3-5-20(14-18)27(28,29)30/h3-5,8-9,12-14,21-23,37H,2,6-7,10-11,15-17H2,1H3,(H2-,31,32,35,36,38)/p+1/t21?,22-,23-,26?/m0/s1. The average Bonchev–Trinajstić information content (AvgIpc) is 3.29. The number of nitrogens with one attached hydrogen (secondary N) is 2. The first-order valence-corrected chi connectivity index (χ1v) is 13.0. The molecular formula is C27H34F3N4O5+. The highest BCUT2D eigenvalue weighted by atomic mass is 19.4. The third-order valence-electron chi connectivity index (χ3n) is 7.53. The zero-order chi connectivity index (χ0) is 28.2. The number of hydrogen-bond donors (Lipinski definition) is 4. The van der Waals surface area contributed by atoms with Crippen molar-refractivity contribution in [3.63, 3.8) is 0 Å². The molecule has 1 saturated carbocycles. The second-order valence-electron chi connectivity index (χ2n) is 10.1. The average molecular weight is 552 g/mol. The summed E-state index contributed by atoms with van der Waals surface area (Å²) in [6, 6.07) is 7.32. The van der Waals surface area contributed by atoms with Crippen molar-refractivity contribution in [3.05, 3.63) is 65.5 Å². The Bertz CT molecular complexity index is 1150. The van der Waals surface area contributed by atoms with Gasteiger partial charge in [0.1, 0.15) is 0 Å². The summed E-state index contributed by atoms with van der Waals surface area (Å²) >= 11 is 0. The molecule has 4 rings (SSSR count). The summed E-state index contributed by atoms with van der Waals surface area (Å²) in [4.78, 5) is 27.2. The summed E-state index contributed by atoms with van der Waals surface area (Å²) in [6.07, 6.45) is 0.756. The van der Waals surface area contributed by atoms with E-state index in [9.17, 15) is 33.1 Å². The molecule has 39 heavy (non-hydrogen) atoms. The number of nitrogens with zero attached hydrogens (tertiary/aromatic N) is 2. The summed E-state index contributed by atoms with van der Waals surface area (Å²) < 4.78 is 45.6. The van der Waals surface area contributed by atoms with Gasteiger partial charge in [-0.1, -0.05) is 6.07 Å². The maximum absolute atomic E-state index is 12.9. The largest absolute Gasteiger partial charge is 0.416 e. The molecule has 12 heteroatoms. The number of hydrogen-bond acceptors (Lipinski definition) is 6. The van der Waals surface area contributed by atoms with Gasteiger partial charge in [0.2, 0.25) is 18.3 Å². The smallest absolute Gasteiger partial charge is 0.385 e. The normalized spacial score (nSPS) is 25.8. The Morgan fingerprint density at radius 1 is 1.15 bits per heavy atom. The van der Waals surface area contributed by atoms with Crippen LogP contribution in [0.3, 0.4) is 0 Å². The van der Waals surface area contributed by atoms with Gasteiger partial charge in [0.25, 0.3) is 5.91 Å². The van der Waals surface area contributed by atoms with Crippen LogP contribution in [0, 0.1) is 0 Å². The van der Waals surface area contributed by atoms with E-state index in [-0.39, 0.29) is 30.3 Å². The van der Waals surface area contributed by atoms with E-state index in [4.69, 9.17) is 4.74 Å². The molecule has 2 heterocycles. The van der Waals surface area contributed by atoms with Gasteiger partial charge < -0.3 is 20.5 Å². The van der Waals surface area contributed by atoms with Crippen LogP contribution in [0.4, 0.5) is 13.2 Å². The zero-order valence-electron chi connectivity index (χ0n) is 21.7. The summed E-state index contributed by atoms with van der Waals surface area (Å²) in [6.45, 7) is 3.09. The van der Waals surface area contributed by atoms with Gasteiger partial charge in [-0.15, -0.1) is 0 Å². The first kappa shape index (κ1) is 28.8. The van der Waals surface area contributed by atoms with E-state index < -0.39 is 29.2 Å². The van der Waals surface area contributed by atoms with Crippen LogP contribution in [-0.2, 0) is 21.3 Å². The predicted octanol–water partition coefficient (Wildman–Crippen LogP) is 2.00. The van der Waals surface area contributed by atoms with E-state index in [0.717, 1.165) is 41.3 Å². The summed E-state index contributed by atoms with van der Waals surface area (Å²) in [5, 5.41) is 25.9. The molecule has 2 aliphatic rings. The first-order chi connectivity index (χ1) is 18.5. The van der Waals surface area contributed by atoms with Crippen LogP contribution in [0.15, 0.2) is 48.8 Å². The molecule has 1 aliphatic heterocycles. The monoisotopic (exact) mass is 551 g/mol. The van der Waals surface area contributed by atoms with Crippen LogP contribution in [0.1, 0.15) is 54.1 Å². The highest BCUT2D eigenvalue weighted by molar-refractivity contribution is 5.96. The van der Waals surface area contributed by atoms with Crippen molar-refractivity contribution in [2.75, 3.05) is 26.2 Å². The molecule has 2 aromatic rings. The maximum Gasteiger partial charge on any atom is 0.416 e. The van der Waals surface area contributed by atoms with Gasteiger partial charge in [0, 0.05) is 48.2 Å². The molecule has 1 aliphatic carbocycles. The molecule has 0 bridgehead atoms. The highest BCUT2D eigenvalue weighted by Gasteiger charge is 2.42. The number of aromatic nitrogens is 1. The van der Waals surface area contributed by atoms with Crippen LogP contribution in [-0.4, -0.2) is 71.5 Å². The van der Waals surface area contributed by atoms with E-state index >= 15 is 0 Å². The molecule has 1 aromatic heterocycles. The van der Waals surface area contributed by atoms with Crippen LogP contribution in [0.25, 0.3) is 0 Å². The second-order valence-corrected chi connectivity index (χ2v) is 10.1. The van der Waals surface area contributed by atoms with E-state index in [2.05, 4.69) is 15.5 Å². The first-order valence-electron chi connectivity index (χ1n) is 13.0. The topological polar surface area (TPSA) is 115 Å². The number of benzene rings is 1. The van der Waals surface area contributed by atoms with Gasteiger partial charge in [-0.2, -0.15) is 13.2 Å². The van der Waals surface area contributed by atoms with Crippen molar-refractivity contribution in [3.8, 4) is 0 Å². The number of aliphatic hydroxyl groups is 1. The summed E-state index contributed by atoms with van der Waals surface area (Å²) in [7, 11) is 0. The number of carbonyl (C=O) groups excluding carboxylic acids is 2. The van der Waals surface area contributed by atoms with Crippen LogP contribution in [0.2, 0.25) is 0 Å². The lowest BCUT2D eigenvalue weighted by molar-refractivity contribution is -0.904. The Hall–Kier alpha value is -3.22. The lowest BCUT2D eigenvalue weighted by atomic mass is 9.77. The number of likely N-dealkylation sites (tertiary alicyclic amines) is 1. The minimum Gasteiger partial charge on any atom is -0.385 e. The fourth-order valence-corrected chi connectivity index (χ4v) is 5.44. The van der Waals surface area contributed by atoms with Crippen molar-refractivity contribution in [1.29, 1.82) is 0 Å². The lowest BCUT2D eigenvalue weighted by Crippen LogP contribution is -2.48. The van der Waals surface area contributed by atoms with E-state index in [1.807, 2.05) is 6.92 Å². The predicted molar refractivity (Wildman–Crippen MR) is 133 cm³/mol. The Labute approximate surface area is 224 Å². The number of amides is 2. The van der Waals surface area contributed by atoms with Gasteiger partial charge in [-0.05, 0) is 56.4 Å². The van der Waals surface area contributed by atoms with Gasteiger partial charge in [0.05, 0.1) is 29.9 Å². The Morgan fingerprint density at radius 2 is 1.85 bits per heavy atom. The number of carbonyl (C=O) groups is 2. The van der Waals surface area contributed by atoms with Gasteiger partial charge in [0.15, 0.2) is 0 Å². The number of alkyl halides is 3. The Balaban J connectivity index is 1.30. The number of pyridine rings is 1. The minimum absolute atomic E-state index is 0.180. The highest BCUT2D eigenvalue weighted by Crippen LogP contribution is 2.39. The van der Waals surface area contributed by atoms with E-state index in [0.29, 0.717) is 32.5 Å². The van der Waals surface area contributed by atoms with Crippen LogP contribution < -0.4 is 15.4 Å². The molecule has 0 radical (unpaired) electrons. The van der Waals surface area contributed by atoms with Crippen LogP contribution in [0.5, 0.6) is 0 Å². The fourth-order valence-electron chi connectivity index (χ4n) is 5.44. The van der Waals surface area contributed by atoms with Gasteiger partial charge in [-0.3, -0.25) is 19.7 Å². The SMILES string of the molecule is CCO[C@H]1CN(C2CCC(O)(c3cc[n+](O)cc3)CC2)C[C@@H]1NC(=O)CNC(=O)c1cccc(C(F)(F)F)c1. The lowest BCUT2D eigenvalue weighted by Gasteiger charge is -2.39. The Morgan fingerprint density at radius 3 is 2.49 bits per heavy atom. The van der Waals surface area contributed by atoms with Gasteiger partial charge >= 0.3 is 6.18 Å². The molecule has 9 nitrogen and oxygen atoms in total. The van der Waals surface area contributed by atoms with Crippen molar-refractivity contribution in [2.45, 2.75) is 62.6 Å². The zero-order valence-corrected chi connectivity index (χ0v) is 21.7. The molecule has 212 valence electrons. The third-order valence-corrected chi connectivity index (χ3v) is 7.53. The second kappa shape index (κ2) is 11.9. The van der Waals surface area contributed by atoms with Crippen molar-refractivity contribution >= 4 is 11.8 Å². The minimum atomic E-state index is -4.57.